The molecule has 2 aromatic heterocycles. The third-order valence-electron chi connectivity index (χ3n) is 4.85. The average Bonchev–Trinajstić information content (AvgIpc) is 3.31. The number of ether oxygens (including phenoxy) is 2. The second-order valence-corrected chi connectivity index (χ2v) is 8.79. The van der Waals surface area contributed by atoms with Crippen LogP contribution < -0.4 is 0 Å². The summed E-state index contributed by atoms with van der Waals surface area (Å²) in [6, 6.07) is -0.236. The maximum Gasteiger partial charge on any atom is 0.410 e. The molecule has 0 aliphatic carbocycles. The van der Waals surface area contributed by atoms with Crippen LogP contribution >= 0.6 is 11.8 Å². The van der Waals surface area contributed by atoms with Crippen molar-refractivity contribution in [2.45, 2.75) is 63.2 Å². The van der Waals surface area contributed by atoms with E-state index in [4.69, 9.17) is 9.47 Å². The number of thioether (sulfide) groups is 1. The van der Waals surface area contributed by atoms with Crippen molar-refractivity contribution in [2.75, 3.05) is 19.9 Å². The monoisotopic (exact) mass is 421 g/mol. The Hall–Kier alpha value is -2.36. The summed E-state index contributed by atoms with van der Waals surface area (Å²) in [6.07, 6.45) is 4.99. The van der Waals surface area contributed by atoms with Gasteiger partial charge in [-0.2, -0.15) is 5.10 Å². The summed E-state index contributed by atoms with van der Waals surface area (Å²) >= 11 is 1.41. The predicted octanol–water partition coefficient (Wildman–Crippen LogP) is 3.30. The molecule has 0 radical (unpaired) electrons. The first-order valence-electron chi connectivity index (χ1n) is 9.53. The number of aromatic nitrogens is 4. The van der Waals surface area contributed by atoms with Crippen LogP contribution in [-0.4, -0.2) is 68.3 Å². The first-order chi connectivity index (χ1) is 13.7. The molecule has 1 aliphatic rings. The zero-order valence-electron chi connectivity index (χ0n) is 17.6. The number of carbonyl (C=O) groups excluding carboxylic acids is 2. The van der Waals surface area contributed by atoms with Crippen LogP contribution in [0.15, 0.2) is 11.2 Å². The number of methoxy groups -OCH3 is 1. The van der Waals surface area contributed by atoms with Crippen molar-refractivity contribution in [1.29, 1.82) is 0 Å². The predicted molar refractivity (Wildman–Crippen MR) is 109 cm³/mol. The van der Waals surface area contributed by atoms with Crippen molar-refractivity contribution in [3.63, 3.8) is 0 Å². The van der Waals surface area contributed by atoms with Gasteiger partial charge < -0.3 is 14.4 Å². The highest BCUT2D eigenvalue weighted by Crippen LogP contribution is 2.32. The molecule has 1 amide bonds. The van der Waals surface area contributed by atoms with Crippen LogP contribution in [0.25, 0.3) is 11.0 Å². The third-order valence-corrected chi connectivity index (χ3v) is 5.55. The molecule has 10 heteroatoms. The molecule has 9 nitrogen and oxygen atoms in total. The lowest BCUT2D eigenvalue weighted by Gasteiger charge is -2.31. The van der Waals surface area contributed by atoms with E-state index in [0.29, 0.717) is 17.2 Å². The molecule has 0 bridgehead atoms. The lowest BCUT2D eigenvalue weighted by atomic mass is 10.1. The summed E-state index contributed by atoms with van der Waals surface area (Å²) in [7, 11) is 1.30. The minimum absolute atomic E-state index is 0.00581. The molecule has 0 unspecified atom stereocenters. The SMILES string of the molecule is COC(=O)c1nc(SC)c2cnn([C@@H](C)[C@@H]3CCCN3C(=O)OC(C)(C)C)c2n1. The van der Waals surface area contributed by atoms with E-state index in [9.17, 15) is 9.59 Å². The third kappa shape index (κ3) is 4.31. The van der Waals surface area contributed by atoms with Crippen molar-refractivity contribution in [1.82, 2.24) is 24.6 Å². The number of rotatable bonds is 4. The molecule has 3 rings (SSSR count). The van der Waals surface area contributed by atoms with Crippen LogP contribution in [0.3, 0.4) is 0 Å². The first-order valence-corrected chi connectivity index (χ1v) is 10.8. The van der Waals surface area contributed by atoms with E-state index in [0.717, 1.165) is 18.2 Å². The second-order valence-electron chi connectivity index (χ2n) is 8.00. The molecular formula is C19H27N5O4S. The zero-order chi connectivity index (χ0) is 21.3. The first kappa shape index (κ1) is 21.4. The zero-order valence-corrected chi connectivity index (χ0v) is 18.4. The van der Waals surface area contributed by atoms with Crippen molar-refractivity contribution in [3.8, 4) is 0 Å². The maximum atomic E-state index is 12.7. The van der Waals surface area contributed by atoms with Gasteiger partial charge in [0.15, 0.2) is 5.65 Å². The quantitative estimate of drug-likeness (QED) is 0.421. The van der Waals surface area contributed by atoms with E-state index in [-0.39, 0.29) is 24.0 Å². The van der Waals surface area contributed by atoms with Gasteiger partial charge in [0.05, 0.1) is 30.8 Å². The van der Waals surface area contributed by atoms with E-state index >= 15 is 0 Å². The number of fused-ring (bicyclic) bond motifs is 1. The van der Waals surface area contributed by atoms with Gasteiger partial charge in [-0.05, 0) is 46.8 Å². The van der Waals surface area contributed by atoms with Crippen molar-refractivity contribution >= 4 is 34.9 Å². The molecule has 1 aliphatic heterocycles. The molecule has 29 heavy (non-hydrogen) atoms. The number of amides is 1. The number of esters is 1. The molecule has 0 N–H and O–H groups in total. The minimum Gasteiger partial charge on any atom is -0.463 e. The second kappa shape index (κ2) is 8.17. The lowest BCUT2D eigenvalue weighted by molar-refractivity contribution is 0.0185. The van der Waals surface area contributed by atoms with E-state index in [1.165, 1.54) is 18.9 Å². The molecule has 3 heterocycles. The van der Waals surface area contributed by atoms with Gasteiger partial charge in [-0.15, -0.1) is 11.8 Å². The van der Waals surface area contributed by atoms with E-state index in [1.807, 2.05) is 34.0 Å². The van der Waals surface area contributed by atoms with Crippen molar-refractivity contribution in [2.24, 2.45) is 0 Å². The van der Waals surface area contributed by atoms with Gasteiger partial charge in [0, 0.05) is 6.54 Å². The maximum absolute atomic E-state index is 12.7. The molecule has 2 atom stereocenters. The van der Waals surface area contributed by atoms with Gasteiger partial charge in [0.1, 0.15) is 10.6 Å². The number of hydrogen-bond donors (Lipinski definition) is 0. The van der Waals surface area contributed by atoms with Crippen LogP contribution in [0.4, 0.5) is 4.79 Å². The lowest BCUT2D eigenvalue weighted by Crippen LogP contribution is -2.43. The van der Waals surface area contributed by atoms with Crippen molar-refractivity contribution < 1.29 is 19.1 Å². The highest BCUT2D eigenvalue weighted by molar-refractivity contribution is 7.98. The van der Waals surface area contributed by atoms with Crippen LogP contribution in [0.1, 0.15) is 57.2 Å². The van der Waals surface area contributed by atoms with Crippen LogP contribution in [0, 0.1) is 0 Å². The Labute approximate surface area is 174 Å². The summed E-state index contributed by atoms with van der Waals surface area (Å²) < 4.78 is 12.1. The van der Waals surface area contributed by atoms with Crippen LogP contribution in [0.5, 0.6) is 0 Å². The Balaban J connectivity index is 1.97. The summed E-state index contributed by atoms with van der Waals surface area (Å²) in [5.74, 6) is -0.604. The number of hydrogen-bond acceptors (Lipinski definition) is 8. The normalized spacial score (nSPS) is 18.1. The van der Waals surface area contributed by atoms with Crippen LogP contribution in [-0.2, 0) is 9.47 Å². The van der Waals surface area contributed by atoms with E-state index < -0.39 is 11.6 Å². The molecular weight excluding hydrogens is 394 g/mol. The Morgan fingerprint density at radius 3 is 2.66 bits per heavy atom. The van der Waals surface area contributed by atoms with Gasteiger partial charge in [-0.1, -0.05) is 0 Å². The topological polar surface area (TPSA) is 99.4 Å². The highest BCUT2D eigenvalue weighted by Gasteiger charge is 2.37. The summed E-state index contributed by atoms with van der Waals surface area (Å²) in [6.45, 7) is 8.21. The van der Waals surface area contributed by atoms with Gasteiger partial charge in [-0.3, -0.25) is 0 Å². The summed E-state index contributed by atoms with van der Waals surface area (Å²) in [5.41, 5.74) is -0.00448. The molecule has 1 fully saturated rings. The standard InChI is InChI=1S/C19H27N5O4S/c1-11(13-8-7-9-23(13)18(26)28-19(2,3)4)24-15-12(10-20-24)16(29-6)22-14(21-15)17(25)27-5/h10-11,13H,7-9H2,1-6H3/t11-,13-/m0/s1. The molecule has 1 saturated heterocycles. The minimum atomic E-state index is -0.598. The van der Waals surface area contributed by atoms with Gasteiger partial charge in [0.2, 0.25) is 5.82 Å². The fourth-order valence-corrected chi connectivity index (χ4v) is 4.08. The molecule has 158 valence electrons. The largest absolute Gasteiger partial charge is 0.463 e. The van der Waals surface area contributed by atoms with Crippen LogP contribution in [0.2, 0.25) is 0 Å². The Kier molecular flexibility index (Phi) is 6.02. The van der Waals surface area contributed by atoms with Crippen molar-refractivity contribution in [3.05, 3.63) is 12.0 Å². The molecule has 2 aromatic rings. The van der Waals surface area contributed by atoms with E-state index in [2.05, 4.69) is 15.1 Å². The number of carbonyl (C=O) groups is 2. The molecule has 0 aromatic carbocycles. The van der Waals surface area contributed by atoms with Gasteiger partial charge >= 0.3 is 12.1 Å². The van der Waals surface area contributed by atoms with Gasteiger partial charge in [0.25, 0.3) is 0 Å². The molecule has 0 saturated carbocycles. The number of nitrogens with zero attached hydrogens (tertiary/aromatic N) is 5. The van der Waals surface area contributed by atoms with Gasteiger partial charge in [-0.25, -0.2) is 24.2 Å². The summed E-state index contributed by atoms with van der Waals surface area (Å²) in [4.78, 5) is 35.1. The fourth-order valence-electron chi connectivity index (χ4n) is 3.54. The summed E-state index contributed by atoms with van der Waals surface area (Å²) in [5, 5.41) is 5.93. The smallest absolute Gasteiger partial charge is 0.410 e. The fraction of sp³-hybridized carbons (Fsp3) is 0.632. The van der Waals surface area contributed by atoms with E-state index in [1.54, 1.807) is 15.8 Å². The Morgan fingerprint density at radius 2 is 2.03 bits per heavy atom. The molecule has 0 spiro atoms. The Bertz CT molecular complexity index is 923. The highest BCUT2D eigenvalue weighted by atomic mass is 32.2. The average molecular weight is 422 g/mol. The number of likely N-dealkylation sites (tertiary alicyclic amines) is 1. The Morgan fingerprint density at radius 1 is 1.31 bits per heavy atom.